The number of hydrogen-bond acceptors (Lipinski definition) is 5. The van der Waals surface area contributed by atoms with Gasteiger partial charge in [0.1, 0.15) is 4.90 Å². The van der Waals surface area contributed by atoms with Crippen LogP contribution in [0.15, 0.2) is 4.90 Å². The number of hydroxylamine groups is 1. The van der Waals surface area contributed by atoms with Crippen LogP contribution in [0, 0.1) is 17.5 Å². The van der Waals surface area contributed by atoms with Crippen molar-refractivity contribution in [2.45, 2.75) is 17.7 Å². The van der Waals surface area contributed by atoms with Crippen LogP contribution in [0.3, 0.4) is 0 Å². The zero-order chi connectivity index (χ0) is 17.4. The Bertz CT molecular complexity index is 749. The molecule has 23 heavy (non-hydrogen) atoms. The molecule has 1 aliphatic heterocycles. The van der Waals surface area contributed by atoms with Crippen LogP contribution >= 0.6 is 0 Å². The van der Waals surface area contributed by atoms with Crippen molar-refractivity contribution in [3.05, 3.63) is 28.6 Å². The van der Waals surface area contributed by atoms with Crippen LogP contribution in [0.5, 0.6) is 0 Å². The molecule has 1 atom stereocenters. The average Bonchev–Trinajstić information content (AvgIpc) is 2.97. The molecule has 1 aliphatic rings. The van der Waals surface area contributed by atoms with Gasteiger partial charge in [-0.3, -0.25) is 4.79 Å². The molecule has 11 heteroatoms. The van der Waals surface area contributed by atoms with Gasteiger partial charge < -0.3 is 10.6 Å². The second-order valence-electron chi connectivity index (χ2n) is 4.78. The van der Waals surface area contributed by atoms with Crippen LogP contribution < -0.4 is 15.9 Å². The van der Waals surface area contributed by atoms with Gasteiger partial charge >= 0.3 is 0 Å². The second kappa shape index (κ2) is 6.43. The Labute approximate surface area is 130 Å². The van der Waals surface area contributed by atoms with Crippen LogP contribution in [0.4, 0.5) is 13.2 Å². The van der Waals surface area contributed by atoms with Gasteiger partial charge in [0, 0.05) is 19.0 Å². The Kier molecular flexibility index (Phi) is 4.94. The predicted molar refractivity (Wildman–Crippen MR) is 72.4 cm³/mol. The number of sulfonamides is 1. The highest BCUT2D eigenvalue weighted by Gasteiger charge is 2.38. The second-order valence-corrected chi connectivity index (χ2v) is 6.49. The smallest absolute Gasteiger partial charge is 0.252 e. The van der Waals surface area contributed by atoms with Crippen LogP contribution in [-0.2, 0) is 14.9 Å². The van der Waals surface area contributed by atoms with Crippen molar-refractivity contribution in [3.63, 3.8) is 0 Å². The predicted octanol–water partition coefficient (Wildman–Crippen LogP) is 0.119. The summed E-state index contributed by atoms with van der Waals surface area (Å²) in [6, 6.07) is 0. The van der Waals surface area contributed by atoms with E-state index in [0.29, 0.717) is 0 Å². The van der Waals surface area contributed by atoms with E-state index in [9.17, 15) is 26.4 Å². The highest BCUT2D eigenvalue weighted by molar-refractivity contribution is 7.89. The Morgan fingerprint density at radius 2 is 2.00 bits per heavy atom. The monoisotopic (exact) mass is 353 g/mol. The third-order valence-corrected chi connectivity index (χ3v) is 4.90. The quantitative estimate of drug-likeness (QED) is 0.651. The zero-order valence-corrected chi connectivity index (χ0v) is 12.8. The third-order valence-electron chi connectivity index (χ3n) is 3.29. The molecule has 0 saturated carbocycles. The van der Waals surface area contributed by atoms with E-state index in [1.54, 1.807) is 0 Å². The van der Waals surface area contributed by atoms with Gasteiger partial charge in [-0.05, 0) is 5.56 Å². The molecule has 1 aromatic carbocycles. The first-order chi connectivity index (χ1) is 10.7. The first-order valence-corrected chi connectivity index (χ1v) is 8.05. The standard InChI is InChI=1S/C12H14F3N3O4S/c1-2-18-23(20,21)11-6(5-3-17-22-4-5)7(12(16)19)8(13)9(14)10(11)15/h5,17-18H,2-4H2,1H3,(H2,16,19). The van der Waals surface area contributed by atoms with Crippen LogP contribution in [0.2, 0.25) is 0 Å². The van der Waals surface area contributed by atoms with Gasteiger partial charge in [0.25, 0.3) is 5.91 Å². The van der Waals surface area contributed by atoms with Crippen molar-refractivity contribution >= 4 is 15.9 Å². The SMILES string of the molecule is CCNS(=O)(=O)c1c(F)c(F)c(F)c(C(N)=O)c1C1CNOC1. The first kappa shape index (κ1) is 17.7. The fourth-order valence-corrected chi connectivity index (χ4v) is 3.78. The van der Waals surface area contributed by atoms with Gasteiger partial charge in [-0.15, -0.1) is 0 Å². The lowest BCUT2D eigenvalue weighted by atomic mass is 9.93. The Balaban J connectivity index is 2.90. The summed E-state index contributed by atoms with van der Waals surface area (Å²) >= 11 is 0. The molecule has 0 bridgehead atoms. The van der Waals surface area contributed by atoms with E-state index in [1.807, 2.05) is 4.72 Å². The summed E-state index contributed by atoms with van der Waals surface area (Å²) < 4.78 is 68.3. The van der Waals surface area contributed by atoms with Crippen molar-refractivity contribution in [3.8, 4) is 0 Å². The lowest BCUT2D eigenvalue weighted by molar-refractivity contribution is 0.0984. The maximum atomic E-state index is 14.2. The molecule has 1 aromatic rings. The maximum absolute atomic E-state index is 14.2. The zero-order valence-electron chi connectivity index (χ0n) is 12.0. The molecule has 0 aliphatic carbocycles. The highest BCUT2D eigenvalue weighted by atomic mass is 32.2. The molecule has 0 radical (unpaired) electrons. The number of carbonyl (C=O) groups excluding carboxylic acids is 1. The largest absolute Gasteiger partial charge is 0.365 e. The van der Waals surface area contributed by atoms with Gasteiger partial charge in [-0.2, -0.15) is 0 Å². The number of halogens is 3. The summed E-state index contributed by atoms with van der Waals surface area (Å²) in [5, 5.41) is 0. The van der Waals surface area contributed by atoms with Crippen molar-refractivity contribution in [1.82, 2.24) is 10.2 Å². The number of benzene rings is 1. The molecular formula is C12H14F3N3O4S. The van der Waals surface area contributed by atoms with E-state index in [2.05, 4.69) is 5.48 Å². The summed E-state index contributed by atoms with van der Waals surface area (Å²) in [6.07, 6.45) is 0. The highest BCUT2D eigenvalue weighted by Crippen LogP contribution is 2.35. The van der Waals surface area contributed by atoms with E-state index >= 15 is 0 Å². The van der Waals surface area contributed by atoms with E-state index in [-0.39, 0.29) is 19.7 Å². The molecule has 0 spiro atoms. The third kappa shape index (κ3) is 3.04. The molecule has 1 heterocycles. The summed E-state index contributed by atoms with van der Waals surface area (Å²) in [5.41, 5.74) is 5.89. The molecule has 1 saturated heterocycles. The number of amides is 1. The van der Waals surface area contributed by atoms with Crippen LogP contribution in [0.25, 0.3) is 0 Å². The summed E-state index contributed by atoms with van der Waals surface area (Å²) in [4.78, 5) is 15.2. The fraction of sp³-hybridized carbons (Fsp3) is 0.417. The molecule has 4 N–H and O–H groups in total. The Hall–Kier alpha value is -1.69. The van der Waals surface area contributed by atoms with E-state index in [4.69, 9.17) is 10.6 Å². The van der Waals surface area contributed by atoms with E-state index in [1.165, 1.54) is 6.92 Å². The average molecular weight is 353 g/mol. The van der Waals surface area contributed by atoms with Crippen LogP contribution in [-0.4, -0.2) is 34.0 Å². The van der Waals surface area contributed by atoms with Gasteiger partial charge in [0.15, 0.2) is 17.5 Å². The molecule has 0 aromatic heterocycles. The number of hydrogen-bond donors (Lipinski definition) is 3. The lowest BCUT2D eigenvalue weighted by Gasteiger charge is -2.19. The number of nitrogens with one attached hydrogen (secondary N) is 2. The molecule has 1 fully saturated rings. The normalized spacial score (nSPS) is 18.3. The summed E-state index contributed by atoms with van der Waals surface area (Å²) in [6.45, 7) is 1.11. The minimum atomic E-state index is -4.53. The van der Waals surface area contributed by atoms with Gasteiger partial charge in [0.05, 0.1) is 12.2 Å². The lowest BCUT2D eigenvalue weighted by Crippen LogP contribution is -2.30. The van der Waals surface area contributed by atoms with E-state index in [0.717, 1.165) is 0 Å². The minimum absolute atomic E-state index is 0.0283. The fourth-order valence-electron chi connectivity index (χ4n) is 2.37. The van der Waals surface area contributed by atoms with Gasteiger partial charge in [-0.1, -0.05) is 6.92 Å². The Morgan fingerprint density at radius 1 is 1.35 bits per heavy atom. The molecule has 1 amide bonds. The molecular weight excluding hydrogens is 339 g/mol. The van der Waals surface area contributed by atoms with Gasteiger partial charge in [0.2, 0.25) is 10.0 Å². The van der Waals surface area contributed by atoms with Crippen molar-refractivity contribution in [2.75, 3.05) is 19.7 Å². The van der Waals surface area contributed by atoms with Crippen LogP contribution in [0.1, 0.15) is 28.8 Å². The number of primary amides is 1. The number of rotatable bonds is 5. The topological polar surface area (TPSA) is 111 Å². The Morgan fingerprint density at radius 3 is 2.48 bits per heavy atom. The van der Waals surface area contributed by atoms with Crippen molar-refractivity contribution < 1.29 is 31.2 Å². The molecule has 2 rings (SSSR count). The summed E-state index contributed by atoms with van der Waals surface area (Å²) in [7, 11) is -4.53. The number of nitrogens with two attached hydrogens (primary N) is 1. The van der Waals surface area contributed by atoms with Crippen molar-refractivity contribution in [2.24, 2.45) is 5.73 Å². The van der Waals surface area contributed by atoms with E-state index < -0.39 is 55.3 Å². The molecule has 1 unspecified atom stereocenters. The number of carbonyl (C=O) groups is 1. The maximum Gasteiger partial charge on any atom is 0.252 e. The van der Waals surface area contributed by atoms with Gasteiger partial charge in [-0.25, -0.2) is 31.8 Å². The summed E-state index contributed by atoms with van der Waals surface area (Å²) in [5.74, 6) is -8.12. The van der Waals surface area contributed by atoms with Crippen molar-refractivity contribution in [1.29, 1.82) is 0 Å². The molecule has 128 valence electrons. The molecule has 7 nitrogen and oxygen atoms in total. The minimum Gasteiger partial charge on any atom is -0.365 e. The first-order valence-electron chi connectivity index (χ1n) is 6.56.